The van der Waals surface area contributed by atoms with Gasteiger partial charge < -0.3 is 20.7 Å². The van der Waals surface area contributed by atoms with Gasteiger partial charge in [-0.25, -0.2) is 13.4 Å². The first-order valence-corrected chi connectivity index (χ1v) is 16.6. The summed E-state index contributed by atoms with van der Waals surface area (Å²) in [4.78, 5) is 23.7. The number of aromatic amines is 2. The van der Waals surface area contributed by atoms with Crippen molar-refractivity contribution in [1.82, 2.24) is 20.6 Å². The number of nitrogens with one attached hydrogen (secondary N) is 6. The van der Waals surface area contributed by atoms with Gasteiger partial charge in [0.2, 0.25) is 17.4 Å². The number of H-pyrrole nitrogens is 2. The number of carbonyl (C=O) groups excluding carboxylic acids is 1. The quantitative estimate of drug-likeness (QED) is 0.171. The van der Waals surface area contributed by atoms with Crippen LogP contribution in [0.4, 0.5) is 23.1 Å². The second-order valence-electron chi connectivity index (χ2n) is 11.8. The van der Waals surface area contributed by atoms with E-state index in [9.17, 15) is 13.2 Å². The number of hydrogen-bond donors (Lipinski definition) is 5. The number of nitrogens with zero attached hydrogens (tertiary/aromatic N) is 1. The molecule has 2 atom stereocenters. The Kier molecular flexibility index (Phi) is 9.12. The molecule has 234 valence electrons. The number of amides is 1. The molecule has 2 aromatic heterocycles. The van der Waals surface area contributed by atoms with Gasteiger partial charge in [-0.2, -0.15) is 0 Å². The molecule has 6 N–H and O–H groups in total. The summed E-state index contributed by atoms with van der Waals surface area (Å²) in [6.45, 7) is 10.1. The summed E-state index contributed by atoms with van der Waals surface area (Å²) in [5, 5.41) is 13.0. The van der Waals surface area contributed by atoms with E-state index in [1.54, 1.807) is 51.4 Å². The standard InChI is InChI=1S/C32H41N7O4S/c1-18(2)43-27-16-23(21-11-12-25(35-17-21)31(40)33-6)20(5)15-26(27)37-32-38-29-22(13-14-34-29)30(39-32)36-24-9-7-8-10-28(24)44(41,42)19(3)4/h7-10,13-16,18-19,21,25,35H,11-12,17H2,1-6H3,(H,33,40)(H3,34,36,37,38,39)/p+1. The number of para-hydroxylation sites is 1. The third-order valence-electron chi connectivity index (χ3n) is 7.94. The summed E-state index contributed by atoms with van der Waals surface area (Å²) in [6, 6.07) is 12.7. The van der Waals surface area contributed by atoms with Gasteiger partial charge in [-0.3, -0.25) is 15.1 Å². The van der Waals surface area contributed by atoms with E-state index in [-0.39, 0.29) is 28.9 Å². The van der Waals surface area contributed by atoms with Crippen LogP contribution in [0.25, 0.3) is 11.0 Å². The first kappa shape index (κ1) is 31.3. The Morgan fingerprint density at radius 1 is 1.07 bits per heavy atom. The van der Waals surface area contributed by atoms with Crippen LogP contribution in [0, 0.1) is 6.92 Å². The molecule has 1 aliphatic heterocycles. The maximum atomic E-state index is 13.1. The zero-order valence-electron chi connectivity index (χ0n) is 26.0. The number of anilines is 4. The number of sulfone groups is 1. The number of ether oxygens (including phenoxy) is 1. The Bertz CT molecular complexity index is 1760. The SMILES string of the molecule is CNC(=O)C1CCC(c2cc(OC(C)C)c(Nc3nc(Nc4ccccc4S(=O)(=O)C(C)C)c4cc[nH]c4[nH+]3)cc2C)CN1. The molecule has 4 aromatic rings. The van der Waals surface area contributed by atoms with Crippen molar-refractivity contribution in [2.75, 3.05) is 24.2 Å². The molecular formula is C32H42N7O4S+. The van der Waals surface area contributed by atoms with Gasteiger partial charge in [0.05, 0.1) is 33.4 Å². The van der Waals surface area contributed by atoms with Crippen molar-refractivity contribution < 1.29 is 22.9 Å². The third-order valence-corrected chi connectivity index (χ3v) is 10.1. The van der Waals surface area contributed by atoms with E-state index < -0.39 is 15.1 Å². The predicted molar refractivity (Wildman–Crippen MR) is 173 cm³/mol. The van der Waals surface area contributed by atoms with Gasteiger partial charge in [0.25, 0.3) is 0 Å². The molecule has 3 heterocycles. The fraction of sp³-hybridized carbons (Fsp3) is 0.406. The lowest BCUT2D eigenvalue weighted by Crippen LogP contribution is -2.47. The van der Waals surface area contributed by atoms with E-state index in [0.29, 0.717) is 35.4 Å². The number of aryl methyl sites for hydroxylation is 1. The Balaban J connectivity index is 1.48. The van der Waals surface area contributed by atoms with Crippen LogP contribution in [-0.2, 0) is 14.6 Å². The lowest BCUT2D eigenvalue weighted by atomic mass is 9.86. The average Bonchev–Trinajstić information content (AvgIpc) is 3.47. The van der Waals surface area contributed by atoms with Crippen molar-refractivity contribution in [2.45, 2.75) is 75.7 Å². The number of piperidine rings is 1. The van der Waals surface area contributed by atoms with Crippen LogP contribution < -0.4 is 31.0 Å². The second-order valence-corrected chi connectivity index (χ2v) is 14.2. The molecule has 12 heteroatoms. The number of likely N-dealkylation sites (N-methyl/N-ethyl adjacent to an activating group) is 1. The molecule has 11 nitrogen and oxygen atoms in total. The van der Waals surface area contributed by atoms with E-state index >= 15 is 0 Å². The summed E-state index contributed by atoms with van der Waals surface area (Å²) < 4.78 is 32.5. The van der Waals surface area contributed by atoms with Crippen LogP contribution >= 0.6 is 0 Å². The van der Waals surface area contributed by atoms with Crippen LogP contribution in [-0.4, -0.2) is 55.3 Å². The predicted octanol–water partition coefficient (Wildman–Crippen LogP) is 4.72. The fourth-order valence-electron chi connectivity index (χ4n) is 5.58. The van der Waals surface area contributed by atoms with E-state index in [2.05, 4.69) is 50.3 Å². The Hall–Kier alpha value is -4.16. The maximum Gasteiger partial charge on any atom is 0.351 e. The summed E-state index contributed by atoms with van der Waals surface area (Å²) in [7, 11) is -1.87. The topological polar surface area (TPSA) is 151 Å². The van der Waals surface area contributed by atoms with Gasteiger partial charge in [-0.1, -0.05) is 17.1 Å². The van der Waals surface area contributed by atoms with Gasteiger partial charge in [-0.05, 0) is 94.8 Å². The smallest absolute Gasteiger partial charge is 0.351 e. The molecule has 44 heavy (non-hydrogen) atoms. The van der Waals surface area contributed by atoms with Crippen LogP contribution in [0.5, 0.6) is 5.75 Å². The Morgan fingerprint density at radius 2 is 1.84 bits per heavy atom. The van der Waals surface area contributed by atoms with Gasteiger partial charge in [0.1, 0.15) is 5.69 Å². The Labute approximate surface area is 258 Å². The molecule has 1 aliphatic rings. The molecule has 1 amide bonds. The van der Waals surface area contributed by atoms with Crippen molar-refractivity contribution >= 4 is 49.9 Å². The van der Waals surface area contributed by atoms with E-state index in [4.69, 9.17) is 9.72 Å². The van der Waals surface area contributed by atoms with E-state index in [1.165, 1.54) is 5.56 Å². The van der Waals surface area contributed by atoms with Crippen molar-refractivity contribution in [2.24, 2.45) is 0 Å². The van der Waals surface area contributed by atoms with Crippen molar-refractivity contribution in [3.8, 4) is 5.75 Å². The first-order chi connectivity index (χ1) is 21.0. The molecule has 0 radical (unpaired) electrons. The molecule has 5 rings (SSSR count). The normalized spacial score (nSPS) is 17.2. The molecule has 0 aliphatic carbocycles. The number of carbonyl (C=O) groups is 1. The van der Waals surface area contributed by atoms with Crippen molar-refractivity contribution in [1.29, 1.82) is 0 Å². The van der Waals surface area contributed by atoms with Crippen molar-refractivity contribution in [3.63, 3.8) is 0 Å². The van der Waals surface area contributed by atoms with Gasteiger partial charge >= 0.3 is 5.95 Å². The minimum absolute atomic E-state index is 0.0187. The molecule has 0 saturated carbocycles. The van der Waals surface area contributed by atoms with E-state index in [0.717, 1.165) is 29.5 Å². The van der Waals surface area contributed by atoms with Crippen LogP contribution in [0.3, 0.4) is 0 Å². The maximum absolute atomic E-state index is 13.1. The average molecular weight is 621 g/mol. The highest BCUT2D eigenvalue weighted by Crippen LogP contribution is 2.37. The monoisotopic (exact) mass is 620 g/mol. The van der Waals surface area contributed by atoms with Crippen molar-refractivity contribution in [3.05, 3.63) is 59.8 Å². The summed E-state index contributed by atoms with van der Waals surface area (Å²) >= 11 is 0. The molecule has 2 unspecified atom stereocenters. The number of hydrogen-bond acceptors (Lipinski definition) is 8. The van der Waals surface area contributed by atoms with Crippen LogP contribution in [0.15, 0.2) is 53.6 Å². The third kappa shape index (κ3) is 6.51. The highest BCUT2D eigenvalue weighted by molar-refractivity contribution is 7.92. The zero-order chi connectivity index (χ0) is 31.6. The number of rotatable bonds is 10. The summed E-state index contributed by atoms with van der Waals surface area (Å²) in [6.07, 6.45) is 3.39. The van der Waals surface area contributed by atoms with Gasteiger partial charge in [-0.15, -0.1) is 0 Å². The lowest BCUT2D eigenvalue weighted by molar-refractivity contribution is -0.333. The lowest BCUT2D eigenvalue weighted by Gasteiger charge is -2.30. The summed E-state index contributed by atoms with van der Waals surface area (Å²) in [5.74, 6) is 1.90. The molecule has 0 bridgehead atoms. The minimum Gasteiger partial charge on any atom is -0.488 e. The van der Waals surface area contributed by atoms with Gasteiger partial charge in [0.15, 0.2) is 15.6 Å². The van der Waals surface area contributed by atoms with Crippen LogP contribution in [0.2, 0.25) is 0 Å². The largest absolute Gasteiger partial charge is 0.488 e. The minimum atomic E-state index is -3.53. The molecule has 2 aromatic carbocycles. The summed E-state index contributed by atoms with van der Waals surface area (Å²) in [5.41, 5.74) is 4.19. The van der Waals surface area contributed by atoms with Gasteiger partial charge in [0, 0.05) is 19.8 Å². The first-order valence-electron chi connectivity index (χ1n) is 15.0. The van der Waals surface area contributed by atoms with E-state index in [1.807, 2.05) is 19.9 Å². The molecule has 1 fully saturated rings. The fourth-order valence-corrected chi connectivity index (χ4v) is 6.78. The number of aromatic nitrogens is 3. The number of benzene rings is 2. The van der Waals surface area contributed by atoms with Crippen LogP contribution in [0.1, 0.15) is 57.6 Å². The Morgan fingerprint density at radius 3 is 2.52 bits per heavy atom. The highest BCUT2D eigenvalue weighted by Gasteiger charge is 2.28. The number of fused-ring (bicyclic) bond motifs is 1. The molecular weight excluding hydrogens is 578 g/mol. The highest BCUT2D eigenvalue weighted by atomic mass is 32.2. The molecule has 0 spiro atoms. The zero-order valence-corrected chi connectivity index (χ0v) is 26.9. The second kappa shape index (κ2) is 12.8. The molecule has 1 saturated heterocycles.